The summed E-state index contributed by atoms with van der Waals surface area (Å²) in [5.41, 5.74) is 0.855. The van der Waals surface area contributed by atoms with Gasteiger partial charge < -0.3 is 15.2 Å². The predicted octanol–water partition coefficient (Wildman–Crippen LogP) is 6.13. The van der Waals surface area contributed by atoms with E-state index in [1.165, 1.54) is 17.8 Å². The van der Waals surface area contributed by atoms with Gasteiger partial charge in [0.2, 0.25) is 5.91 Å². The highest BCUT2D eigenvalue weighted by atomic mass is 35.5. The normalized spacial score (nSPS) is 11.8. The lowest BCUT2D eigenvalue weighted by molar-refractivity contribution is -0.113. The van der Waals surface area contributed by atoms with Crippen LogP contribution in [0.2, 0.25) is 20.1 Å². The summed E-state index contributed by atoms with van der Waals surface area (Å²) >= 11 is 25.1. The Labute approximate surface area is 215 Å². The van der Waals surface area contributed by atoms with Gasteiger partial charge in [-0.2, -0.15) is 0 Å². The molecule has 2 aromatic carbocycles. The van der Waals surface area contributed by atoms with E-state index < -0.39 is 6.04 Å². The minimum absolute atomic E-state index is 0.0983. The van der Waals surface area contributed by atoms with Crippen molar-refractivity contribution in [2.75, 3.05) is 11.1 Å². The highest BCUT2D eigenvalue weighted by Gasteiger charge is 2.20. The third kappa shape index (κ3) is 6.55. The van der Waals surface area contributed by atoms with E-state index >= 15 is 0 Å². The van der Waals surface area contributed by atoms with Gasteiger partial charge in [0, 0.05) is 17.1 Å². The highest BCUT2D eigenvalue weighted by molar-refractivity contribution is 7.99. The molecule has 0 unspecified atom stereocenters. The van der Waals surface area contributed by atoms with Gasteiger partial charge in [0.15, 0.2) is 11.0 Å². The van der Waals surface area contributed by atoms with Crippen molar-refractivity contribution in [3.8, 4) is 0 Å². The third-order valence-electron chi connectivity index (χ3n) is 4.52. The van der Waals surface area contributed by atoms with Gasteiger partial charge in [-0.3, -0.25) is 9.59 Å². The van der Waals surface area contributed by atoms with Crippen LogP contribution in [0.5, 0.6) is 0 Å². The van der Waals surface area contributed by atoms with Crippen LogP contribution in [0.3, 0.4) is 0 Å². The average Bonchev–Trinajstić information content (AvgIpc) is 3.19. The van der Waals surface area contributed by atoms with Crippen LogP contribution in [0.4, 0.5) is 5.69 Å². The number of nitrogens with one attached hydrogen (secondary N) is 2. The number of thioether (sulfide) groups is 1. The molecule has 0 bridgehead atoms. The molecule has 3 aromatic rings. The van der Waals surface area contributed by atoms with Gasteiger partial charge in [-0.15, -0.1) is 10.2 Å². The molecular formula is C21H19Cl4N5O2S. The minimum atomic E-state index is -0.435. The number of nitrogens with zero attached hydrogens (tertiary/aromatic N) is 3. The number of hydrogen-bond donors (Lipinski definition) is 2. The van der Waals surface area contributed by atoms with Gasteiger partial charge in [0.05, 0.1) is 32.5 Å². The molecule has 1 aromatic heterocycles. The molecule has 0 aliphatic rings. The molecule has 33 heavy (non-hydrogen) atoms. The maximum absolute atomic E-state index is 12.6. The SMILES string of the molecule is CCn1c(SCC(=O)Nc2ccc(Cl)cc2Cl)nnc1[C@H](C)NC(=O)c1ccc(Cl)c(Cl)c1. The Kier molecular flexibility index (Phi) is 8.89. The Balaban J connectivity index is 1.64. The summed E-state index contributed by atoms with van der Waals surface area (Å²) in [7, 11) is 0. The molecule has 0 saturated heterocycles. The molecule has 0 fully saturated rings. The Morgan fingerprint density at radius 1 is 1.03 bits per heavy atom. The first-order valence-electron chi connectivity index (χ1n) is 9.76. The van der Waals surface area contributed by atoms with E-state index in [1.807, 2.05) is 11.5 Å². The van der Waals surface area contributed by atoms with E-state index in [2.05, 4.69) is 20.8 Å². The van der Waals surface area contributed by atoms with Gasteiger partial charge in [-0.1, -0.05) is 58.2 Å². The summed E-state index contributed by atoms with van der Waals surface area (Å²) in [6.07, 6.45) is 0. The molecule has 0 saturated carbocycles. The van der Waals surface area contributed by atoms with Gasteiger partial charge in [-0.25, -0.2) is 0 Å². The lowest BCUT2D eigenvalue weighted by Gasteiger charge is -2.15. The summed E-state index contributed by atoms with van der Waals surface area (Å²) in [4.78, 5) is 24.9. The summed E-state index contributed by atoms with van der Waals surface area (Å²) in [6, 6.07) is 9.06. The number of benzene rings is 2. The Morgan fingerprint density at radius 3 is 2.45 bits per heavy atom. The summed E-state index contributed by atoms with van der Waals surface area (Å²) < 4.78 is 1.84. The molecule has 0 radical (unpaired) electrons. The molecule has 0 aliphatic carbocycles. The minimum Gasteiger partial charge on any atom is -0.342 e. The second kappa shape index (κ2) is 11.4. The zero-order valence-electron chi connectivity index (χ0n) is 17.5. The van der Waals surface area contributed by atoms with Crippen LogP contribution in [0.15, 0.2) is 41.6 Å². The molecule has 1 heterocycles. The standard InChI is InChI=1S/C21H19Cl4N5O2S/c1-3-30-19(11(2)26-20(32)12-4-6-14(23)15(24)8-12)28-29-21(30)33-10-18(31)27-17-7-5-13(22)9-16(17)25/h4-9,11H,3,10H2,1-2H3,(H,26,32)(H,27,31)/t11-/m0/s1. The van der Waals surface area contributed by atoms with Crippen molar-refractivity contribution in [3.05, 3.63) is 67.9 Å². The van der Waals surface area contributed by atoms with Crippen LogP contribution in [0.25, 0.3) is 0 Å². The van der Waals surface area contributed by atoms with Gasteiger partial charge in [0.1, 0.15) is 0 Å². The number of carbonyl (C=O) groups excluding carboxylic acids is 2. The first-order valence-corrected chi connectivity index (χ1v) is 12.3. The number of amides is 2. The van der Waals surface area contributed by atoms with Crippen LogP contribution >= 0.6 is 58.2 Å². The molecule has 7 nitrogen and oxygen atoms in total. The second-order valence-electron chi connectivity index (χ2n) is 6.87. The Morgan fingerprint density at radius 2 is 1.79 bits per heavy atom. The molecule has 2 amide bonds. The van der Waals surface area contributed by atoms with Crippen LogP contribution in [-0.2, 0) is 11.3 Å². The Hall–Kier alpha value is -1.97. The molecular weight excluding hydrogens is 528 g/mol. The molecule has 0 spiro atoms. The number of aromatic nitrogens is 3. The lowest BCUT2D eigenvalue weighted by Crippen LogP contribution is -2.28. The van der Waals surface area contributed by atoms with Gasteiger partial charge >= 0.3 is 0 Å². The van der Waals surface area contributed by atoms with E-state index in [0.29, 0.717) is 48.9 Å². The van der Waals surface area contributed by atoms with Crippen molar-refractivity contribution in [2.45, 2.75) is 31.6 Å². The maximum atomic E-state index is 12.6. The lowest BCUT2D eigenvalue weighted by atomic mass is 10.2. The first-order chi connectivity index (χ1) is 15.7. The van der Waals surface area contributed by atoms with Crippen molar-refractivity contribution >= 4 is 75.7 Å². The first kappa shape index (κ1) is 25.6. The van der Waals surface area contributed by atoms with Crippen molar-refractivity contribution in [3.63, 3.8) is 0 Å². The van der Waals surface area contributed by atoms with Crippen LogP contribution < -0.4 is 10.6 Å². The molecule has 0 aliphatic heterocycles. The number of hydrogen-bond acceptors (Lipinski definition) is 5. The van der Waals surface area contributed by atoms with Crippen molar-refractivity contribution < 1.29 is 9.59 Å². The quantitative estimate of drug-likeness (QED) is 0.331. The Bertz CT molecular complexity index is 1190. The second-order valence-corrected chi connectivity index (χ2v) is 9.47. The predicted molar refractivity (Wildman–Crippen MR) is 134 cm³/mol. The number of anilines is 1. The largest absolute Gasteiger partial charge is 0.342 e. The average molecular weight is 547 g/mol. The zero-order valence-corrected chi connectivity index (χ0v) is 21.4. The molecule has 3 rings (SSSR count). The monoisotopic (exact) mass is 545 g/mol. The topological polar surface area (TPSA) is 88.9 Å². The summed E-state index contributed by atoms with van der Waals surface area (Å²) in [5, 5.41) is 16.1. The van der Waals surface area contributed by atoms with E-state index in [-0.39, 0.29) is 17.6 Å². The third-order valence-corrected chi connectivity index (χ3v) is 6.77. The number of carbonyl (C=O) groups is 2. The van der Waals surface area contributed by atoms with Crippen molar-refractivity contribution in [1.29, 1.82) is 0 Å². The zero-order chi connectivity index (χ0) is 24.1. The van der Waals surface area contributed by atoms with E-state index in [1.54, 1.807) is 37.3 Å². The molecule has 1 atom stereocenters. The van der Waals surface area contributed by atoms with Crippen LogP contribution in [0, 0.1) is 0 Å². The smallest absolute Gasteiger partial charge is 0.251 e. The van der Waals surface area contributed by atoms with Gasteiger partial charge in [-0.05, 0) is 50.2 Å². The fraction of sp³-hybridized carbons (Fsp3) is 0.238. The number of rotatable bonds is 8. The van der Waals surface area contributed by atoms with E-state index in [0.717, 1.165) is 0 Å². The molecule has 174 valence electrons. The summed E-state index contributed by atoms with van der Waals surface area (Å²) in [5.74, 6) is 0.0910. The fourth-order valence-electron chi connectivity index (χ4n) is 2.91. The number of halogens is 4. The van der Waals surface area contributed by atoms with E-state index in [4.69, 9.17) is 46.4 Å². The molecule has 2 N–H and O–H groups in total. The highest BCUT2D eigenvalue weighted by Crippen LogP contribution is 2.27. The van der Waals surface area contributed by atoms with E-state index in [9.17, 15) is 9.59 Å². The van der Waals surface area contributed by atoms with Gasteiger partial charge in [0.25, 0.3) is 5.91 Å². The fourth-order valence-corrected chi connectivity index (χ4v) is 4.48. The van der Waals surface area contributed by atoms with Crippen LogP contribution in [-0.4, -0.2) is 32.3 Å². The molecule has 12 heteroatoms. The van der Waals surface area contributed by atoms with Crippen LogP contribution in [0.1, 0.15) is 36.1 Å². The van der Waals surface area contributed by atoms with Crippen molar-refractivity contribution in [1.82, 2.24) is 20.1 Å². The van der Waals surface area contributed by atoms with Crippen molar-refractivity contribution in [2.24, 2.45) is 0 Å². The maximum Gasteiger partial charge on any atom is 0.251 e. The summed E-state index contributed by atoms with van der Waals surface area (Å²) in [6.45, 7) is 4.29.